The maximum atomic E-state index is 12.4. The SMILES string of the molecule is CSCC[C@H](N)C(=O)N1CCCN(C(=O)c2ccsc2)CC1.Cl. The number of nitrogens with two attached hydrogens (primary N) is 1. The maximum absolute atomic E-state index is 12.4. The Balaban J connectivity index is 0.00000264. The number of amides is 2. The lowest BCUT2D eigenvalue weighted by atomic mass is 10.2. The fourth-order valence-electron chi connectivity index (χ4n) is 2.51. The van der Waals surface area contributed by atoms with Crippen molar-refractivity contribution in [3.63, 3.8) is 0 Å². The molecule has 5 nitrogen and oxygen atoms in total. The fourth-order valence-corrected chi connectivity index (χ4v) is 3.63. The Kier molecular flexibility index (Phi) is 8.98. The molecule has 1 atom stereocenters. The van der Waals surface area contributed by atoms with Crippen molar-refractivity contribution in [1.29, 1.82) is 0 Å². The number of hydrogen-bond acceptors (Lipinski definition) is 5. The third-order valence-corrected chi connectivity index (χ3v) is 5.14. The van der Waals surface area contributed by atoms with Gasteiger partial charge in [-0.25, -0.2) is 0 Å². The molecule has 0 spiro atoms. The number of thiophene rings is 1. The smallest absolute Gasteiger partial charge is 0.254 e. The van der Waals surface area contributed by atoms with Crippen molar-refractivity contribution in [1.82, 2.24) is 9.80 Å². The van der Waals surface area contributed by atoms with Crippen molar-refractivity contribution >= 4 is 47.3 Å². The number of thioether (sulfide) groups is 1. The van der Waals surface area contributed by atoms with Gasteiger partial charge in [-0.1, -0.05) is 0 Å². The minimum Gasteiger partial charge on any atom is -0.340 e. The number of halogens is 1. The minimum absolute atomic E-state index is 0. The van der Waals surface area contributed by atoms with Crippen molar-refractivity contribution in [2.24, 2.45) is 5.73 Å². The number of carbonyl (C=O) groups excluding carboxylic acids is 2. The van der Waals surface area contributed by atoms with Gasteiger partial charge in [0.1, 0.15) is 0 Å². The molecule has 8 heteroatoms. The summed E-state index contributed by atoms with van der Waals surface area (Å²) in [7, 11) is 0. The van der Waals surface area contributed by atoms with Crippen LogP contribution in [0.3, 0.4) is 0 Å². The van der Waals surface area contributed by atoms with Crippen LogP contribution < -0.4 is 5.73 Å². The van der Waals surface area contributed by atoms with Crippen molar-refractivity contribution in [2.45, 2.75) is 18.9 Å². The van der Waals surface area contributed by atoms with Gasteiger partial charge in [-0.15, -0.1) is 12.4 Å². The monoisotopic (exact) mass is 377 g/mol. The first-order valence-corrected chi connectivity index (χ1v) is 9.82. The van der Waals surface area contributed by atoms with Crippen LogP contribution in [0.25, 0.3) is 0 Å². The molecule has 1 aliphatic rings. The molecular formula is C15H24ClN3O2S2. The van der Waals surface area contributed by atoms with Gasteiger partial charge in [-0.2, -0.15) is 23.1 Å². The zero-order valence-electron chi connectivity index (χ0n) is 13.3. The molecule has 0 radical (unpaired) electrons. The molecule has 0 bridgehead atoms. The van der Waals surface area contributed by atoms with Gasteiger partial charge in [0.15, 0.2) is 0 Å². The van der Waals surface area contributed by atoms with Gasteiger partial charge in [0, 0.05) is 31.6 Å². The van der Waals surface area contributed by atoms with E-state index < -0.39 is 6.04 Å². The molecule has 130 valence electrons. The summed E-state index contributed by atoms with van der Waals surface area (Å²) < 4.78 is 0. The Labute approximate surface area is 152 Å². The first-order valence-electron chi connectivity index (χ1n) is 7.48. The topological polar surface area (TPSA) is 66.6 Å². The third-order valence-electron chi connectivity index (χ3n) is 3.81. The van der Waals surface area contributed by atoms with Crippen LogP contribution in [0.1, 0.15) is 23.2 Å². The molecule has 0 saturated carbocycles. The van der Waals surface area contributed by atoms with Crippen molar-refractivity contribution in [3.05, 3.63) is 22.4 Å². The number of carbonyl (C=O) groups is 2. The van der Waals surface area contributed by atoms with Gasteiger partial charge in [0.2, 0.25) is 5.91 Å². The summed E-state index contributed by atoms with van der Waals surface area (Å²) in [4.78, 5) is 28.4. The van der Waals surface area contributed by atoms with E-state index in [0.29, 0.717) is 32.6 Å². The van der Waals surface area contributed by atoms with E-state index >= 15 is 0 Å². The first kappa shape index (κ1) is 20.3. The summed E-state index contributed by atoms with van der Waals surface area (Å²) in [5, 5.41) is 3.78. The third kappa shape index (κ3) is 5.67. The van der Waals surface area contributed by atoms with Crippen molar-refractivity contribution in [3.8, 4) is 0 Å². The highest BCUT2D eigenvalue weighted by Gasteiger charge is 2.25. The van der Waals surface area contributed by atoms with Crippen LogP contribution >= 0.6 is 35.5 Å². The summed E-state index contributed by atoms with van der Waals surface area (Å²) in [5.74, 6) is 0.963. The number of rotatable bonds is 5. The molecule has 1 aliphatic heterocycles. The summed E-state index contributed by atoms with van der Waals surface area (Å²) in [6.07, 6.45) is 3.52. The second-order valence-electron chi connectivity index (χ2n) is 5.37. The quantitative estimate of drug-likeness (QED) is 0.851. The molecule has 2 heterocycles. The summed E-state index contributed by atoms with van der Waals surface area (Å²) in [6.45, 7) is 2.52. The van der Waals surface area contributed by atoms with Crippen molar-refractivity contribution < 1.29 is 9.59 Å². The largest absolute Gasteiger partial charge is 0.340 e. The maximum Gasteiger partial charge on any atom is 0.254 e. The van der Waals surface area contributed by atoms with Crippen molar-refractivity contribution in [2.75, 3.05) is 38.2 Å². The van der Waals surface area contributed by atoms with Gasteiger partial charge in [-0.3, -0.25) is 9.59 Å². The Bertz CT molecular complexity index is 499. The van der Waals surface area contributed by atoms with E-state index in [0.717, 1.165) is 17.7 Å². The second kappa shape index (κ2) is 10.2. The molecule has 2 rings (SSSR count). The number of hydrogen-bond donors (Lipinski definition) is 1. The summed E-state index contributed by atoms with van der Waals surface area (Å²) >= 11 is 3.22. The molecular weight excluding hydrogens is 354 g/mol. The second-order valence-corrected chi connectivity index (χ2v) is 7.14. The summed E-state index contributed by atoms with van der Waals surface area (Å²) in [6, 6.07) is 1.42. The highest BCUT2D eigenvalue weighted by molar-refractivity contribution is 7.98. The van der Waals surface area contributed by atoms with Crippen LogP contribution in [0, 0.1) is 0 Å². The van der Waals surface area contributed by atoms with E-state index in [9.17, 15) is 9.59 Å². The standard InChI is InChI=1S/C15H23N3O2S2.ClH/c1-21-9-4-13(16)15(20)18-6-2-5-17(7-8-18)14(19)12-3-10-22-11-12;/h3,10-11,13H,2,4-9,16H2,1H3;1H/t13-;/m0./s1. The lowest BCUT2D eigenvalue weighted by Crippen LogP contribution is -2.45. The van der Waals surface area contributed by atoms with Gasteiger partial charge >= 0.3 is 0 Å². The molecule has 1 aromatic heterocycles. The van der Waals surface area contributed by atoms with E-state index in [-0.39, 0.29) is 24.2 Å². The average molecular weight is 378 g/mol. The van der Waals surface area contributed by atoms with E-state index in [1.807, 2.05) is 32.9 Å². The van der Waals surface area contributed by atoms with Crippen LogP contribution in [0.4, 0.5) is 0 Å². The van der Waals surface area contributed by atoms with E-state index in [4.69, 9.17) is 5.73 Å². The van der Waals surface area contributed by atoms with Crippen LogP contribution in [0.5, 0.6) is 0 Å². The molecule has 0 aliphatic carbocycles. The molecule has 1 fully saturated rings. The van der Waals surface area contributed by atoms with Crippen LogP contribution in [-0.2, 0) is 4.79 Å². The molecule has 2 N–H and O–H groups in total. The lowest BCUT2D eigenvalue weighted by molar-refractivity contribution is -0.132. The van der Waals surface area contributed by atoms with E-state index in [2.05, 4.69) is 0 Å². The van der Waals surface area contributed by atoms with Crippen LogP contribution in [0.2, 0.25) is 0 Å². The van der Waals surface area contributed by atoms with Gasteiger partial charge in [-0.05, 0) is 36.3 Å². The van der Waals surface area contributed by atoms with Crippen LogP contribution in [-0.4, -0.2) is 65.8 Å². The predicted molar refractivity (Wildman–Crippen MR) is 99.6 cm³/mol. The first-order chi connectivity index (χ1) is 10.6. The number of nitrogens with zero attached hydrogens (tertiary/aromatic N) is 2. The predicted octanol–water partition coefficient (Wildman–Crippen LogP) is 1.92. The highest BCUT2D eigenvalue weighted by atomic mass is 35.5. The van der Waals surface area contributed by atoms with Gasteiger partial charge < -0.3 is 15.5 Å². The lowest BCUT2D eigenvalue weighted by Gasteiger charge is -2.24. The molecule has 0 aromatic carbocycles. The molecule has 2 amide bonds. The molecule has 1 saturated heterocycles. The fraction of sp³-hybridized carbons (Fsp3) is 0.600. The molecule has 0 unspecified atom stereocenters. The highest BCUT2D eigenvalue weighted by Crippen LogP contribution is 2.13. The Morgan fingerprint density at radius 3 is 2.65 bits per heavy atom. The molecule has 1 aromatic rings. The minimum atomic E-state index is -0.424. The van der Waals surface area contributed by atoms with E-state index in [1.165, 1.54) is 11.3 Å². The van der Waals surface area contributed by atoms with Crippen LogP contribution in [0.15, 0.2) is 16.8 Å². The van der Waals surface area contributed by atoms with E-state index in [1.54, 1.807) is 11.8 Å². The van der Waals surface area contributed by atoms with Gasteiger partial charge in [0.25, 0.3) is 5.91 Å². The Hall–Kier alpha value is -0.760. The van der Waals surface area contributed by atoms with Gasteiger partial charge in [0.05, 0.1) is 11.6 Å². The zero-order chi connectivity index (χ0) is 15.9. The zero-order valence-corrected chi connectivity index (χ0v) is 15.7. The average Bonchev–Trinajstić information content (AvgIpc) is 2.95. The molecule has 23 heavy (non-hydrogen) atoms. The normalized spacial score (nSPS) is 16.4. The Morgan fingerprint density at radius 2 is 2.00 bits per heavy atom. The Morgan fingerprint density at radius 1 is 1.30 bits per heavy atom. The summed E-state index contributed by atoms with van der Waals surface area (Å²) in [5.41, 5.74) is 6.71.